The second-order valence-electron chi connectivity index (χ2n) is 4.90. The Bertz CT molecular complexity index is 588. The number of hydrogen-bond donors (Lipinski definition) is 3. The topological polar surface area (TPSA) is 82.6 Å². The molecule has 0 aliphatic rings. The molecular formula is C15H25FN4O2S. The van der Waals surface area contributed by atoms with Crippen molar-refractivity contribution in [1.29, 1.82) is 0 Å². The SMILES string of the molecule is CCNC(=NCc1ccc(F)cc1)NCCCNS(=O)(=O)CC. The molecule has 8 heteroatoms. The number of guanidine groups is 1. The summed E-state index contributed by atoms with van der Waals surface area (Å²) in [5.74, 6) is 0.467. The molecule has 0 unspecified atom stereocenters. The highest BCUT2D eigenvalue weighted by atomic mass is 32.2. The fourth-order valence-electron chi connectivity index (χ4n) is 1.73. The fourth-order valence-corrected chi connectivity index (χ4v) is 2.39. The van der Waals surface area contributed by atoms with Crippen molar-refractivity contribution in [2.75, 3.05) is 25.4 Å². The Kier molecular flexibility index (Phi) is 8.57. The van der Waals surface area contributed by atoms with Gasteiger partial charge in [0.2, 0.25) is 10.0 Å². The molecule has 0 amide bonds. The molecule has 0 aliphatic carbocycles. The van der Waals surface area contributed by atoms with Crippen LogP contribution in [0, 0.1) is 5.82 Å². The first-order valence-electron chi connectivity index (χ1n) is 7.70. The van der Waals surface area contributed by atoms with Crippen molar-refractivity contribution in [2.24, 2.45) is 4.99 Å². The molecule has 1 rings (SSSR count). The summed E-state index contributed by atoms with van der Waals surface area (Å²) >= 11 is 0. The van der Waals surface area contributed by atoms with Crippen molar-refractivity contribution in [3.05, 3.63) is 35.6 Å². The Morgan fingerprint density at radius 2 is 1.83 bits per heavy atom. The molecule has 23 heavy (non-hydrogen) atoms. The van der Waals surface area contributed by atoms with Gasteiger partial charge >= 0.3 is 0 Å². The van der Waals surface area contributed by atoms with Crippen molar-refractivity contribution in [3.63, 3.8) is 0 Å². The van der Waals surface area contributed by atoms with Crippen LogP contribution in [0.2, 0.25) is 0 Å². The smallest absolute Gasteiger partial charge is 0.211 e. The van der Waals surface area contributed by atoms with Gasteiger partial charge in [-0.3, -0.25) is 0 Å². The molecule has 1 aromatic rings. The molecule has 0 atom stereocenters. The summed E-state index contributed by atoms with van der Waals surface area (Å²) in [5.41, 5.74) is 0.916. The lowest BCUT2D eigenvalue weighted by Crippen LogP contribution is -2.38. The van der Waals surface area contributed by atoms with E-state index >= 15 is 0 Å². The molecule has 0 radical (unpaired) electrons. The van der Waals surface area contributed by atoms with Crippen molar-refractivity contribution in [2.45, 2.75) is 26.8 Å². The standard InChI is InChI=1S/C15H25FN4O2S/c1-3-17-15(18-10-5-11-20-23(21,22)4-2)19-12-13-6-8-14(16)9-7-13/h6-9,20H,3-5,10-12H2,1-2H3,(H2,17,18,19). The number of aliphatic imine (C=N–C) groups is 1. The number of sulfonamides is 1. The zero-order valence-corrected chi connectivity index (χ0v) is 14.4. The maximum absolute atomic E-state index is 12.8. The van der Waals surface area contributed by atoms with Gasteiger partial charge < -0.3 is 10.6 Å². The van der Waals surface area contributed by atoms with Gasteiger partial charge in [0.1, 0.15) is 5.82 Å². The highest BCUT2D eigenvalue weighted by Gasteiger charge is 2.04. The maximum Gasteiger partial charge on any atom is 0.211 e. The minimum atomic E-state index is -3.13. The van der Waals surface area contributed by atoms with Gasteiger partial charge in [0.25, 0.3) is 0 Å². The number of hydrogen-bond acceptors (Lipinski definition) is 3. The third-order valence-corrected chi connectivity index (χ3v) is 4.43. The summed E-state index contributed by atoms with van der Waals surface area (Å²) < 4.78 is 37.9. The van der Waals surface area contributed by atoms with Crippen molar-refractivity contribution in [1.82, 2.24) is 15.4 Å². The van der Waals surface area contributed by atoms with Crippen LogP contribution < -0.4 is 15.4 Å². The van der Waals surface area contributed by atoms with E-state index in [1.165, 1.54) is 12.1 Å². The predicted molar refractivity (Wildman–Crippen MR) is 91.3 cm³/mol. The highest BCUT2D eigenvalue weighted by molar-refractivity contribution is 7.89. The van der Waals surface area contributed by atoms with E-state index in [0.29, 0.717) is 32.0 Å². The first-order valence-corrected chi connectivity index (χ1v) is 9.36. The lowest BCUT2D eigenvalue weighted by atomic mass is 10.2. The van der Waals surface area contributed by atoms with Crippen LogP contribution in [-0.4, -0.2) is 39.8 Å². The quantitative estimate of drug-likeness (QED) is 0.357. The van der Waals surface area contributed by atoms with Crippen LogP contribution in [0.3, 0.4) is 0 Å². The molecular weight excluding hydrogens is 319 g/mol. The third-order valence-electron chi connectivity index (χ3n) is 3.03. The first kappa shape index (κ1) is 19.4. The molecule has 130 valence electrons. The number of rotatable bonds is 9. The second-order valence-corrected chi connectivity index (χ2v) is 7.00. The van der Waals surface area contributed by atoms with E-state index in [1.807, 2.05) is 6.92 Å². The van der Waals surface area contributed by atoms with Crippen molar-refractivity contribution < 1.29 is 12.8 Å². The molecule has 6 nitrogen and oxygen atoms in total. The predicted octanol–water partition coefficient (Wildman–Crippen LogP) is 1.21. The number of benzene rings is 1. The molecule has 1 aromatic carbocycles. The Morgan fingerprint density at radius 1 is 1.13 bits per heavy atom. The minimum absolute atomic E-state index is 0.0855. The summed E-state index contributed by atoms with van der Waals surface area (Å²) in [4.78, 5) is 4.41. The summed E-state index contributed by atoms with van der Waals surface area (Å²) in [6.45, 7) is 5.72. The van der Waals surface area contributed by atoms with E-state index in [-0.39, 0.29) is 11.6 Å². The molecule has 0 aliphatic heterocycles. The van der Waals surface area contributed by atoms with Crippen molar-refractivity contribution in [3.8, 4) is 0 Å². The van der Waals surface area contributed by atoms with Crippen LogP contribution in [0.1, 0.15) is 25.8 Å². The van der Waals surface area contributed by atoms with Crippen LogP contribution in [0.15, 0.2) is 29.3 Å². The summed E-state index contributed by atoms with van der Waals surface area (Å²) in [6.07, 6.45) is 0.653. The lowest BCUT2D eigenvalue weighted by Gasteiger charge is -2.11. The number of nitrogens with one attached hydrogen (secondary N) is 3. The Hall–Kier alpha value is -1.67. The van der Waals surface area contributed by atoms with Crippen LogP contribution in [0.25, 0.3) is 0 Å². The second kappa shape index (κ2) is 10.2. The third kappa shape index (κ3) is 8.51. The van der Waals surface area contributed by atoms with Gasteiger partial charge in [-0.15, -0.1) is 0 Å². The van der Waals surface area contributed by atoms with E-state index in [4.69, 9.17) is 0 Å². The molecule has 3 N–H and O–H groups in total. The monoisotopic (exact) mass is 344 g/mol. The largest absolute Gasteiger partial charge is 0.357 e. The average Bonchev–Trinajstić information content (AvgIpc) is 2.53. The van der Waals surface area contributed by atoms with E-state index < -0.39 is 10.0 Å². The van der Waals surface area contributed by atoms with E-state index in [2.05, 4.69) is 20.3 Å². The zero-order valence-electron chi connectivity index (χ0n) is 13.6. The minimum Gasteiger partial charge on any atom is -0.357 e. The van der Waals surface area contributed by atoms with E-state index in [9.17, 15) is 12.8 Å². The average molecular weight is 344 g/mol. The summed E-state index contributed by atoms with van der Waals surface area (Å²) in [7, 11) is -3.13. The Labute approximate surface area is 137 Å². The Morgan fingerprint density at radius 3 is 2.43 bits per heavy atom. The Balaban J connectivity index is 2.39. The van der Waals surface area contributed by atoms with Crippen LogP contribution in [0.4, 0.5) is 4.39 Å². The van der Waals surface area contributed by atoms with Crippen LogP contribution in [0.5, 0.6) is 0 Å². The van der Waals surface area contributed by atoms with Gasteiger partial charge in [-0.1, -0.05) is 12.1 Å². The van der Waals surface area contributed by atoms with E-state index in [0.717, 1.165) is 12.1 Å². The lowest BCUT2D eigenvalue weighted by molar-refractivity contribution is 0.579. The maximum atomic E-state index is 12.8. The molecule has 0 fully saturated rings. The molecule has 0 aromatic heterocycles. The molecule has 0 saturated heterocycles. The normalized spacial score (nSPS) is 12.2. The molecule has 0 spiro atoms. The van der Waals surface area contributed by atoms with Gasteiger partial charge in [0.05, 0.1) is 12.3 Å². The zero-order chi connectivity index (χ0) is 17.1. The van der Waals surface area contributed by atoms with Gasteiger partial charge in [-0.2, -0.15) is 0 Å². The van der Waals surface area contributed by atoms with Gasteiger partial charge in [-0.05, 0) is 38.0 Å². The first-order chi connectivity index (χ1) is 11.0. The number of nitrogens with zero attached hydrogens (tertiary/aromatic N) is 1. The van der Waals surface area contributed by atoms with E-state index in [1.54, 1.807) is 19.1 Å². The summed E-state index contributed by atoms with van der Waals surface area (Å²) in [5, 5.41) is 6.25. The van der Waals surface area contributed by atoms with Gasteiger partial charge in [0.15, 0.2) is 5.96 Å². The van der Waals surface area contributed by atoms with Gasteiger partial charge in [-0.25, -0.2) is 22.5 Å². The van der Waals surface area contributed by atoms with Crippen molar-refractivity contribution >= 4 is 16.0 Å². The molecule has 0 heterocycles. The fraction of sp³-hybridized carbons (Fsp3) is 0.533. The number of halogens is 1. The molecule has 0 saturated carbocycles. The molecule has 0 bridgehead atoms. The highest BCUT2D eigenvalue weighted by Crippen LogP contribution is 2.03. The van der Waals surface area contributed by atoms with Crippen LogP contribution >= 0.6 is 0 Å². The van der Waals surface area contributed by atoms with Gasteiger partial charge in [0, 0.05) is 19.6 Å². The summed E-state index contributed by atoms with van der Waals surface area (Å²) in [6, 6.07) is 6.21. The van der Waals surface area contributed by atoms with Crippen LogP contribution in [-0.2, 0) is 16.6 Å².